The molecule has 2 aliphatic rings. The number of aromatic nitrogens is 4. The quantitative estimate of drug-likeness (QED) is 0.712. The summed E-state index contributed by atoms with van der Waals surface area (Å²) < 4.78 is 53.9. The van der Waals surface area contributed by atoms with Gasteiger partial charge < -0.3 is 20.1 Å². The van der Waals surface area contributed by atoms with Crippen LogP contribution in [0.1, 0.15) is 44.9 Å². The van der Waals surface area contributed by atoms with Crippen molar-refractivity contribution in [1.29, 1.82) is 5.26 Å². The lowest BCUT2D eigenvalue weighted by Gasteiger charge is -2.23. The third-order valence-electron chi connectivity index (χ3n) is 5.51. The van der Waals surface area contributed by atoms with Crippen LogP contribution in [-0.2, 0) is 16.5 Å². The normalized spacial score (nSPS) is 20.8. The van der Waals surface area contributed by atoms with Gasteiger partial charge in [-0.05, 0) is 19.8 Å². The molecule has 172 valence electrons. The number of hydrogen-bond donors (Lipinski definition) is 2. The molecule has 2 aromatic heterocycles. The summed E-state index contributed by atoms with van der Waals surface area (Å²) in [5.74, 6) is -0.376. The lowest BCUT2D eigenvalue weighted by molar-refractivity contribution is -0.137. The van der Waals surface area contributed by atoms with Gasteiger partial charge in [-0.1, -0.05) is 13.8 Å². The molecule has 0 amide bonds. The van der Waals surface area contributed by atoms with Crippen LogP contribution in [0.2, 0.25) is 0 Å². The minimum absolute atomic E-state index is 0.0427. The maximum Gasteiger partial charge on any atom is 0.421 e. The molecule has 2 aromatic rings. The second-order valence-corrected chi connectivity index (χ2v) is 8.74. The predicted molar refractivity (Wildman–Crippen MR) is 109 cm³/mol. The fourth-order valence-electron chi connectivity index (χ4n) is 3.66. The molecule has 1 fully saturated rings. The predicted octanol–water partition coefficient (Wildman–Crippen LogP) is 3.64. The lowest BCUT2D eigenvalue weighted by atomic mass is 10.0. The molecule has 2 atom stereocenters. The molecule has 9 nitrogen and oxygen atoms in total. The summed E-state index contributed by atoms with van der Waals surface area (Å²) in [4.78, 5) is 8.01. The van der Waals surface area contributed by atoms with Crippen LogP contribution in [0.5, 0.6) is 5.88 Å². The lowest BCUT2D eigenvalue weighted by Crippen LogP contribution is -2.34. The first-order valence-electron chi connectivity index (χ1n) is 10.2. The molecule has 1 saturated heterocycles. The first kappa shape index (κ1) is 22.1. The molecule has 4 rings (SSSR count). The van der Waals surface area contributed by atoms with Crippen LogP contribution >= 0.6 is 0 Å². The van der Waals surface area contributed by atoms with Crippen molar-refractivity contribution in [3.8, 4) is 11.9 Å². The van der Waals surface area contributed by atoms with Crippen LogP contribution in [0.15, 0.2) is 6.20 Å². The number of nitrogens with zero attached hydrogens (tertiary/aromatic N) is 5. The highest BCUT2D eigenvalue weighted by Crippen LogP contribution is 2.40. The Labute approximate surface area is 182 Å². The number of nitriles is 1. The molecule has 2 N–H and O–H groups in total. The Kier molecular flexibility index (Phi) is 5.40. The molecule has 0 aliphatic carbocycles. The van der Waals surface area contributed by atoms with E-state index in [4.69, 9.17) is 9.47 Å². The van der Waals surface area contributed by atoms with Gasteiger partial charge in [0.1, 0.15) is 22.6 Å². The fourth-order valence-corrected chi connectivity index (χ4v) is 3.66. The average molecular weight is 451 g/mol. The Balaban J connectivity index is 1.90. The van der Waals surface area contributed by atoms with Crippen LogP contribution < -0.4 is 15.4 Å². The SMILES string of the molecule is CC(C)c1nn(C(C)(C)C#N)c2c1Nc1ncc(C(F)(F)F)c(n1)N[C@@H]1COC[C@H]1CO2. The number of ether oxygens (including phenoxy) is 2. The van der Waals surface area contributed by atoms with Gasteiger partial charge in [-0.2, -0.15) is 28.5 Å². The van der Waals surface area contributed by atoms with Gasteiger partial charge in [-0.25, -0.2) is 9.67 Å². The van der Waals surface area contributed by atoms with E-state index >= 15 is 0 Å². The van der Waals surface area contributed by atoms with E-state index < -0.39 is 23.3 Å². The van der Waals surface area contributed by atoms with Crippen molar-refractivity contribution in [3.05, 3.63) is 17.5 Å². The molecule has 0 radical (unpaired) electrons. The van der Waals surface area contributed by atoms with Crippen molar-refractivity contribution in [1.82, 2.24) is 19.7 Å². The first-order valence-corrected chi connectivity index (χ1v) is 10.2. The smallest absolute Gasteiger partial charge is 0.421 e. The summed E-state index contributed by atoms with van der Waals surface area (Å²) in [5.41, 5.74) is -0.986. The number of fused-ring (bicyclic) bond motifs is 4. The Bertz CT molecular complexity index is 1060. The van der Waals surface area contributed by atoms with Gasteiger partial charge in [0, 0.05) is 12.1 Å². The topological polar surface area (TPSA) is 110 Å². The van der Waals surface area contributed by atoms with E-state index in [0.29, 0.717) is 23.9 Å². The average Bonchev–Trinajstić information content (AvgIpc) is 3.29. The second-order valence-electron chi connectivity index (χ2n) is 8.74. The van der Waals surface area contributed by atoms with Gasteiger partial charge in [0.2, 0.25) is 11.8 Å². The second kappa shape index (κ2) is 7.81. The van der Waals surface area contributed by atoms with Crippen molar-refractivity contribution < 1.29 is 22.6 Å². The Morgan fingerprint density at radius 2 is 2.00 bits per heavy atom. The highest BCUT2D eigenvalue weighted by molar-refractivity contribution is 5.66. The Hall–Kier alpha value is -3.07. The van der Waals surface area contributed by atoms with Gasteiger partial charge in [0.25, 0.3) is 0 Å². The summed E-state index contributed by atoms with van der Waals surface area (Å²) in [6.07, 6.45) is -3.87. The first-order chi connectivity index (χ1) is 15.0. The maximum absolute atomic E-state index is 13.6. The van der Waals surface area contributed by atoms with Crippen molar-refractivity contribution >= 4 is 17.5 Å². The minimum Gasteiger partial charge on any atom is -0.476 e. The van der Waals surface area contributed by atoms with E-state index in [1.807, 2.05) is 13.8 Å². The largest absolute Gasteiger partial charge is 0.476 e. The molecule has 0 saturated carbocycles. The summed E-state index contributed by atoms with van der Waals surface area (Å²) in [7, 11) is 0. The zero-order valence-corrected chi connectivity index (χ0v) is 18.1. The van der Waals surface area contributed by atoms with E-state index in [0.717, 1.165) is 6.20 Å². The number of hydrogen-bond acceptors (Lipinski definition) is 8. The molecular formula is C20H24F3N7O2. The number of alkyl halides is 3. The highest BCUT2D eigenvalue weighted by atomic mass is 19.4. The molecule has 2 bridgehead atoms. The number of nitrogens with one attached hydrogen (secondary N) is 2. The minimum atomic E-state index is -4.62. The third kappa shape index (κ3) is 3.92. The standard InChI is InChI=1S/C20H24F3N7O2/c1-10(2)14-15-17(30(29-14)19(3,4)9-24)32-7-11-6-31-8-13(11)26-16-12(20(21,22)23)5-25-18(27-15)28-16/h5,10-11,13H,6-8H2,1-4H3,(H2,25,26,27,28)/t11-,13+/m0/s1. The van der Waals surface area contributed by atoms with Gasteiger partial charge in [0.05, 0.1) is 37.6 Å². The van der Waals surface area contributed by atoms with Crippen LogP contribution in [0, 0.1) is 17.2 Å². The van der Waals surface area contributed by atoms with Crippen LogP contribution in [-0.4, -0.2) is 45.6 Å². The molecule has 2 aliphatic heterocycles. The summed E-state index contributed by atoms with van der Waals surface area (Å²) in [5, 5.41) is 20.2. The summed E-state index contributed by atoms with van der Waals surface area (Å²) in [6, 6.07) is 1.77. The van der Waals surface area contributed by atoms with Gasteiger partial charge in [-0.15, -0.1) is 0 Å². The van der Waals surface area contributed by atoms with Crippen LogP contribution in [0.3, 0.4) is 0 Å². The summed E-state index contributed by atoms with van der Waals surface area (Å²) in [6.45, 7) is 7.92. The number of halogens is 3. The zero-order valence-electron chi connectivity index (χ0n) is 18.1. The van der Waals surface area contributed by atoms with E-state index in [-0.39, 0.29) is 36.8 Å². The third-order valence-corrected chi connectivity index (χ3v) is 5.51. The van der Waals surface area contributed by atoms with Crippen LogP contribution in [0.4, 0.5) is 30.6 Å². The Morgan fingerprint density at radius 3 is 2.66 bits per heavy atom. The number of anilines is 3. The Morgan fingerprint density at radius 1 is 1.25 bits per heavy atom. The van der Waals surface area contributed by atoms with Crippen LogP contribution in [0.25, 0.3) is 0 Å². The van der Waals surface area contributed by atoms with Gasteiger partial charge in [-0.3, -0.25) is 0 Å². The molecule has 0 aromatic carbocycles. The van der Waals surface area contributed by atoms with Gasteiger partial charge in [0.15, 0.2) is 0 Å². The molecule has 32 heavy (non-hydrogen) atoms. The molecule has 0 spiro atoms. The maximum atomic E-state index is 13.6. The molecule has 12 heteroatoms. The van der Waals surface area contributed by atoms with E-state index in [1.165, 1.54) is 4.68 Å². The number of rotatable bonds is 2. The van der Waals surface area contributed by atoms with E-state index in [2.05, 4.69) is 31.8 Å². The highest BCUT2D eigenvalue weighted by Gasteiger charge is 2.39. The van der Waals surface area contributed by atoms with E-state index in [9.17, 15) is 18.4 Å². The van der Waals surface area contributed by atoms with Crippen molar-refractivity contribution in [2.45, 2.75) is 51.4 Å². The monoisotopic (exact) mass is 451 g/mol. The van der Waals surface area contributed by atoms with Crippen molar-refractivity contribution in [3.63, 3.8) is 0 Å². The summed E-state index contributed by atoms with van der Waals surface area (Å²) >= 11 is 0. The van der Waals surface area contributed by atoms with Crippen molar-refractivity contribution in [2.24, 2.45) is 5.92 Å². The fraction of sp³-hybridized carbons (Fsp3) is 0.600. The van der Waals surface area contributed by atoms with Gasteiger partial charge >= 0.3 is 6.18 Å². The molecular weight excluding hydrogens is 427 g/mol. The zero-order chi connectivity index (χ0) is 23.3. The van der Waals surface area contributed by atoms with E-state index in [1.54, 1.807) is 13.8 Å². The molecule has 0 unspecified atom stereocenters. The molecule has 4 heterocycles. The van der Waals surface area contributed by atoms with Crippen molar-refractivity contribution in [2.75, 3.05) is 30.5 Å².